The molecule has 7 aromatic rings. The molecule has 0 unspecified atom stereocenters. The molecule has 0 fully saturated rings. The van der Waals surface area contributed by atoms with Crippen LogP contribution in [0.3, 0.4) is 0 Å². The summed E-state index contributed by atoms with van der Waals surface area (Å²) >= 11 is 3.41. The lowest BCUT2D eigenvalue weighted by atomic mass is 9.85. The Bertz CT molecular complexity index is 2760. The molecule has 60 heavy (non-hydrogen) atoms. The van der Waals surface area contributed by atoms with Crippen molar-refractivity contribution in [3.63, 3.8) is 0 Å². The first-order valence-electron chi connectivity index (χ1n) is 18.4. The van der Waals surface area contributed by atoms with Gasteiger partial charge in [-0.15, -0.1) is 0 Å². The van der Waals surface area contributed by atoms with Crippen LogP contribution >= 0.6 is 15.9 Å². The van der Waals surface area contributed by atoms with E-state index in [2.05, 4.69) is 51.7 Å². The topological polar surface area (TPSA) is 296 Å². The Morgan fingerprint density at radius 3 is 1.57 bits per heavy atom. The molecule has 0 aliphatic carbocycles. The van der Waals surface area contributed by atoms with Crippen molar-refractivity contribution in [2.24, 2.45) is 22.9 Å². The van der Waals surface area contributed by atoms with Crippen molar-refractivity contribution >= 4 is 62.0 Å². The van der Waals surface area contributed by atoms with Gasteiger partial charge >= 0.3 is 0 Å². The second-order valence-corrected chi connectivity index (χ2v) is 16.2. The molecule has 0 aliphatic rings. The molecule has 7 aromatic heterocycles. The van der Waals surface area contributed by atoms with Crippen LogP contribution in [0.4, 0.5) is 11.4 Å². The third kappa shape index (κ3) is 8.39. The molecule has 0 spiro atoms. The maximum Gasteiger partial charge on any atom is 0.270 e. The highest BCUT2D eigenvalue weighted by atomic mass is 79.9. The molecule has 0 aliphatic heterocycles. The van der Waals surface area contributed by atoms with Gasteiger partial charge in [0.2, 0.25) is 11.8 Å². The zero-order valence-corrected chi connectivity index (χ0v) is 35.4. The van der Waals surface area contributed by atoms with E-state index in [0.717, 1.165) is 21.3 Å². The van der Waals surface area contributed by atoms with Crippen LogP contribution in [-0.2, 0) is 10.8 Å². The Balaban J connectivity index is 0.000000205. The highest BCUT2D eigenvalue weighted by Gasteiger charge is 2.36. The number of halogens is 1. The maximum absolute atomic E-state index is 12.2. The van der Waals surface area contributed by atoms with Crippen molar-refractivity contribution in [2.45, 2.75) is 71.4 Å². The van der Waals surface area contributed by atoms with Gasteiger partial charge in [-0.05, 0) is 82.6 Å². The number of aromatic nitrogens is 7. The number of nitrogens with zero attached hydrogens (tertiary/aromatic N) is 7. The third-order valence-corrected chi connectivity index (χ3v) is 11.0. The number of fused-ring (bicyclic) bond motifs is 2. The minimum atomic E-state index is -0.667. The number of nitrogens with one attached hydrogen (secondary N) is 2. The predicted octanol–water partition coefficient (Wildman–Crippen LogP) is 4.73. The Morgan fingerprint density at radius 2 is 1.15 bits per heavy atom. The number of amides is 4. The standard InChI is InChI=1S/C23H25N7O3.C17H19BrN6O3/c1-12-5-6-14(8-26-12)15-7-18-19(16(20(24)31)9-27-30(18)10-15)28-13(2)23(3,4)22-29-17(11-33-22)21(25)32;1-8(17(2,3)16-23-11(7-27-16)15(20)26)22-13-10(14(19)25)5-21-24-6-9(18)4-12(13)24/h5-11,13,28H,1-4H3,(H2,24,31)(H2,25,32);4-8,22H,1-3H3,(H2,19,25)(H2,20,26)/t13-;8-/m11/s1. The second-order valence-electron chi connectivity index (χ2n) is 15.3. The summed E-state index contributed by atoms with van der Waals surface area (Å²) in [5.41, 5.74) is 26.2. The summed E-state index contributed by atoms with van der Waals surface area (Å²) in [6.45, 7) is 13.4. The molecule has 0 saturated carbocycles. The summed E-state index contributed by atoms with van der Waals surface area (Å²) in [4.78, 5) is 59.5. The first-order chi connectivity index (χ1) is 28.2. The van der Waals surface area contributed by atoms with Crippen LogP contribution in [0.2, 0.25) is 0 Å². The molecule has 7 heterocycles. The van der Waals surface area contributed by atoms with E-state index in [9.17, 15) is 19.2 Å². The van der Waals surface area contributed by atoms with Crippen LogP contribution in [0.1, 0.15) is 101 Å². The molecule has 10 N–H and O–H groups in total. The molecule has 0 bridgehead atoms. The van der Waals surface area contributed by atoms with Crippen LogP contribution < -0.4 is 33.6 Å². The number of pyridine rings is 1. The molecule has 20 heteroatoms. The summed E-state index contributed by atoms with van der Waals surface area (Å²) in [5, 5.41) is 15.3. The van der Waals surface area contributed by atoms with Crippen molar-refractivity contribution in [3.05, 3.63) is 112 Å². The number of carbonyl (C=O) groups excluding carboxylic acids is 4. The number of oxazole rings is 2. The number of anilines is 2. The van der Waals surface area contributed by atoms with E-state index in [1.54, 1.807) is 21.4 Å². The molecule has 0 radical (unpaired) electrons. The number of hydrogen-bond donors (Lipinski definition) is 6. The van der Waals surface area contributed by atoms with E-state index in [1.165, 1.54) is 24.9 Å². The molecule has 7 rings (SSSR count). The summed E-state index contributed by atoms with van der Waals surface area (Å²) in [7, 11) is 0. The molecule has 312 valence electrons. The van der Waals surface area contributed by atoms with E-state index >= 15 is 0 Å². The molecule has 4 amide bonds. The van der Waals surface area contributed by atoms with Crippen molar-refractivity contribution < 1.29 is 28.0 Å². The normalized spacial score (nSPS) is 12.7. The van der Waals surface area contributed by atoms with Crippen molar-refractivity contribution in [1.29, 1.82) is 0 Å². The maximum atomic E-state index is 12.2. The minimum absolute atomic E-state index is 0.0531. The van der Waals surface area contributed by atoms with Crippen LogP contribution in [-0.4, -0.2) is 69.9 Å². The monoisotopic (exact) mass is 881 g/mol. The number of primary amides is 4. The van der Waals surface area contributed by atoms with E-state index in [1.807, 2.05) is 78.9 Å². The number of hydrogen-bond acceptors (Lipinski definition) is 13. The fraction of sp³-hybridized carbons (Fsp3) is 0.275. The van der Waals surface area contributed by atoms with Crippen molar-refractivity contribution in [2.75, 3.05) is 10.6 Å². The first kappa shape index (κ1) is 42.5. The largest absolute Gasteiger partial charge is 0.447 e. The highest BCUT2D eigenvalue weighted by Crippen LogP contribution is 2.35. The van der Waals surface area contributed by atoms with E-state index in [-0.39, 0.29) is 34.6 Å². The van der Waals surface area contributed by atoms with Gasteiger partial charge in [0, 0.05) is 52.0 Å². The smallest absolute Gasteiger partial charge is 0.270 e. The molecule has 0 saturated heterocycles. The molecule has 2 atom stereocenters. The van der Waals surface area contributed by atoms with Crippen LogP contribution in [0.15, 0.2) is 81.1 Å². The average Bonchev–Trinajstić information content (AvgIpc) is 4.01. The van der Waals surface area contributed by atoms with Crippen molar-refractivity contribution in [3.8, 4) is 11.1 Å². The number of aryl methyl sites for hydroxylation is 1. The first-order valence-corrected chi connectivity index (χ1v) is 19.2. The summed E-state index contributed by atoms with van der Waals surface area (Å²) in [6, 6.07) is 7.11. The molecule has 0 aromatic carbocycles. The lowest BCUT2D eigenvalue weighted by Gasteiger charge is -2.30. The van der Waals surface area contributed by atoms with E-state index in [4.69, 9.17) is 31.8 Å². The van der Waals surface area contributed by atoms with E-state index in [0.29, 0.717) is 34.2 Å². The predicted molar refractivity (Wildman–Crippen MR) is 225 cm³/mol. The van der Waals surface area contributed by atoms with Crippen LogP contribution in [0.5, 0.6) is 0 Å². The van der Waals surface area contributed by atoms with Crippen LogP contribution in [0, 0.1) is 6.92 Å². The quantitative estimate of drug-likeness (QED) is 0.0914. The zero-order chi connectivity index (χ0) is 43.8. The number of nitrogens with two attached hydrogens (primary N) is 4. The van der Waals surface area contributed by atoms with Gasteiger partial charge in [0.25, 0.3) is 23.6 Å². The van der Waals surface area contributed by atoms with Gasteiger partial charge in [0.1, 0.15) is 12.5 Å². The van der Waals surface area contributed by atoms with Gasteiger partial charge in [0.15, 0.2) is 11.4 Å². The summed E-state index contributed by atoms with van der Waals surface area (Å²) in [5.74, 6) is -1.85. The zero-order valence-electron chi connectivity index (χ0n) is 33.8. The van der Waals surface area contributed by atoms with Gasteiger partial charge in [-0.25, -0.2) is 19.0 Å². The summed E-state index contributed by atoms with van der Waals surface area (Å²) < 4.78 is 15.1. The SMILES string of the molecule is C[C@@H](Nc1c(C(N)=O)cnn2cc(Br)cc12)C(C)(C)c1nc(C(N)=O)co1.Cc1ccc(-c2cc3c(N[C@H](C)C(C)(C)c4nc(C(N)=O)co4)c(C(N)=O)cnn3c2)cn1. The van der Waals surface area contributed by atoms with Gasteiger partial charge in [0.05, 0.1) is 56.8 Å². The van der Waals surface area contributed by atoms with Gasteiger partial charge < -0.3 is 42.4 Å². The minimum Gasteiger partial charge on any atom is -0.447 e. The van der Waals surface area contributed by atoms with Crippen LogP contribution in [0.25, 0.3) is 22.2 Å². The fourth-order valence-electron chi connectivity index (χ4n) is 6.09. The lowest BCUT2D eigenvalue weighted by Crippen LogP contribution is -2.38. The van der Waals surface area contributed by atoms with Gasteiger partial charge in [-0.1, -0.05) is 6.07 Å². The number of carbonyl (C=O) groups is 4. The van der Waals surface area contributed by atoms with Crippen molar-refractivity contribution in [1.82, 2.24) is 34.2 Å². The Labute approximate surface area is 351 Å². The second kappa shape index (κ2) is 16.3. The Morgan fingerprint density at radius 1 is 0.683 bits per heavy atom. The van der Waals surface area contributed by atoms with Gasteiger partial charge in [-0.3, -0.25) is 24.2 Å². The third-order valence-electron chi connectivity index (χ3n) is 10.5. The Kier molecular flexibility index (Phi) is 11.5. The van der Waals surface area contributed by atoms with Gasteiger partial charge in [-0.2, -0.15) is 10.2 Å². The average molecular weight is 883 g/mol. The molecule has 19 nitrogen and oxygen atoms in total. The summed E-state index contributed by atoms with van der Waals surface area (Å²) in [6.07, 6.45) is 10.7. The number of rotatable bonds is 13. The fourth-order valence-corrected chi connectivity index (χ4v) is 6.50. The highest BCUT2D eigenvalue weighted by molar-refractivity contribution is 9.10. The molecular weight excluding hydrogens is 838 g/mol. The molecular formula is C40H44BrN13O6. The Hall–Kier alpha value is -7.09. The van der Waals surface area contributed by atoms with E-state index < -0.39 is 34.5 Å². The lowest BCUT2D eigenvalue weighted by molar-refractivity contribution is 0.0987.